The first-order valence-electron chi connectivity index (χ1n) is 10.9. The van der Waals surface area contributed by atoms with Gasteiger partial charge in [-0.25, -0.2) is 0 Å². The van der Waals surface area contributed by atoms with Crippen molar-refractivity contribution in [3.05, 3.63) is 0 Å². The molecule has 0 aromatic rings. The molecule has 24 heavy (non-hydrogen) atoms. The lowest BCUT2D eigenvalue weighted by atomic mass is 9.62. The minimum Gasteiger partial charge on any atom is -0.0654 e. The maximum atomic E-state index is 2.56. The van der Waals surface area contributed by atoms with Gasteiger partial charge in [-0.05, 0) is 59.7 Å². The van der Waals surface area contributed by atoms with Gasteiger partial charge in [0.1, 0.15) is 0 Å². The molecule has 0 amide bonds. The Balaban J connectivity index is 4.94. The molecule has 0 nitrogen and oxygen atoms in total. The smallest absolute Gasteiger partial charge is 0.0321 e. The molecule has 0 N–H and O–H groups in total. The summed E-state index contributed by atoms with van der Waals surface area (Å²) in [5, 5.41) is 0. The van der Waals surface area contributed by atoms with Crippen LogP contribution in [0.4, 0.5) is 0 Å². The number of hydrogen-bond donors (Lipinski definition) is 0. The molecule has 0 heterocycles. The fourth-order valence-corrected chi connectivity index (χ4v) is 4.88. The van der Waals surface area contributed by atoms with Gasteiger partial charge in [-0.15, -0.1) is 0 Å². The van der Waals surface area contributed by atoms with Gasteiger partial charge >= 0.3 is 0 Å². The SMILES string of the molecule is CCCC(C)C(C)C(C)CC(C)(CC)CC(C)(C)C(C)CC(C)C. The summed E-state index contributed by atoms with van der Waals surface area (Å²) >= 11 is 0. The van der Waals surface area contributed by atoms with Gasteiger partial charge < -0.3 is 0 Å². The van der Waals surface area contributed by atoms with Crippen molar-refractivity contribution in [1.29, 1.82) is 0 Å². The van der Waals surface area contributed by atoms with Crippen molar-refractivity contribution in [1.82, 2.24) is 0 Å². The summed E-state index contributed by atoms with van der Waals surface area (Å²) < 4.78 is 0. The van der Waals surface area contributed by atoms with Crippen LogP contribution in [0.3, 0.4) is 0 Å². The molecule has 5 atom stereocenters. The van der Waals surface area contributed by atoms with Crippen LogP contribution in [0.15, 0.2) is 0 Å². The van der Waals surface area contributed by atoms with Crippen LogP contribution in [0.25, 0.3) is 0 Å². The Kier molecular flexibility index (Phi) is 10.2. The molecule has 0 aliphatic heterocycles. The fourth-order valence-electron chi connectivity index (χ4n) is 4.88. The third-order valence-electron chi connectivity index (χ3n) is 7.25. The third-order valence-corrected chi connectivity index (χ3v) is 7.25. The van der Waals surface area contributed by atoms with E-state index in [1.54, 1.807) is 0 Å². The molecule has 0 rings (SSSR count). The van der Waals surface area contributed by atoms with E-state index in [9.17, 15) is 0 Å². The molecule has 146 valence electrons. The van der Waals surface area contributed by atoms with E-state index in [-0.39, 0.29) is 0 Å². The van der Waals surface area contributed by atoms with E-state index in [4.69, 9.17) is 0 Å². The summed E-state index contributed by atoms with van der Waals surface area (Å²) in [6, 6.07) is 0. The van der Waals surface area contributed by atoms with Crippen molar-refractivity contribution in [2.75, 3.05) is 0 Å². The van der Waals surface area contributed by atoms with Crippen molar-refractivity contribution in [2.45, 2.75) is 115 Å². The summed E-state index contributed by atoms with van der Waals surface area (Å²) in [6.07, 6.45) is 8.12. The van der Waals surface area contributed by atoms with E-state index >= 15 is 0 Å². The first-order valence-corrected chi connectivity index (χ1v) is 10.9. The van der Waals surface area contributed by atoms with Crippen LogP contribution in [-0.2, 0) is 0 Å². The summed E-state index contributed by atoms with van der Waals surface area (Å²) in [7, 11) is 0. The Bertz CT molecular complexity index is 327. The molecule has 0 aromatic carbocycles. The largest absolute Gasteiger partial charge is 0.0654 e. The Hall–Kier alpha value is 0. The van der Waals surface area contributed by atoms with Gasteiger partial charge in [0.25, 0.3) is 0 Å². The van der Waals surface area contributed by atoms with Crippen LogP contribution in [0.2, 0.25) is 0 Å². The second kappa shape index (κ2) is 10.2. The van der Waals surface area contributed by atoms with Gasteiger partial charge in [0.05, 0.1) is 0 Å². The van der Waals surface area contributed by atoms with Gasteiger partial charge in [-0.3, -0.25) is 0 Å². The minimum absolute atomic E-state index is 0.438. The monoisotopic (exact) mass is 338 g/mol. The van der Waals surface area contributed by atoms with Crippen LogP contribution in [0.1, 0.15) is 115 Å². The molecule has 0 spiro atoms. The van der Waals surface area contributed by atoms with Crippen LogP contribution in [0, 0.1) is 40.4 Å². The molecule has 0 aliphatic rings. The maximum absolute atomic E-state index is 2.56. The first kappa shape index (κ1) is 24.0. The zero-order valence-corrected chi connectivity index (χ0v) is 19.1. The zero-order chi connectivity index (χ0) is 19.1. The van der Waals surface area contributed by atoms with Crippen molar-refractivity contribution in [3.8, 4) is 0 Å². The number of rotatable bonds is 12. The van der Waals surface area contributed by atoms with Crippen LogP contribution >= 0.6 is 0 Å². The predicted octanol–water partition coefficient (Wildman–Crippen LogP) is 8.60. The molecule has 5 unspecified atom stereocenters. The molecule has 0 radical (unpaired) electrons. The third kappa shape index (κ3) is 7.92. The van der Waals surface area contributed by atoms with Crippen LogP contribution in [-0.4, -0.2) is 0 Å². The topological polar surface area (TPSA) is 0 Å². The predicted molar refractivity (Wildman–Crippen MR) is 112 cm³/mol. The van der Waals surface area contributed by atoms with E-state index in [0.717, 1.165) is 29.6 Å². The lowest BCUT2D eigenvalue weighted by Gasteiger charge is -2.43. The number of hydrogen-bond acceptors (Lipinski definition) is 0. The van der Waals surface area contributed by atoms with Crippen LogP contribution in [0.5, 0.6) is 0 Å². The summed E-state index contributed by atoms with van der Waals surface area (Å²) in [6.45, 7) is 27.0. The van der Waals surface area contributed by atoms with E-state index in [1.165, 1.54) is 38.5 Å². The molecular weight excluding hydrogens is 288 g/mol. The quantitative estimate of drug-likeness (QED) is 0.334. The Labute approximate surface area is 155 Å². The van der Waals surface area contributed by atoms with E-state index in [2.05, 4.69) is 76.2 Å². The molecule has 0 heteroatoms. The lowest BCUT2D eigenvalue weighted by Crippen LogP contribution is -2.33. The summed E-state index contributed by atoms with van der Waals surface area (Å²) in [5.74, 6) is 4.13. The van der Waals surface area contributed by atoms with Gasteiger partial charge in [0.15, 0.2) is 0 Å². The Morgan fingerprint density at radius 3 is 1.75 bits per heavy atom. The average molecular weight is 339 g/mol. The van der Waals surface area contributed by atoms with E-state index in [0.29, 0.717) is 10.8 Å². The van der Waals surface area contributed by atoms with E-state index in [1.807, 2.05) is 0 Å². The molecule has 0 fully saturated rings. The minimum atomic E-state index is 0.438. The molecule has 0 saturated carbocycles. The second-order valence-corrected chi connectivity index (χ2v) is 10.7. The van der Waals surface area contributed by atoms with Gasteiger partial charge in [0, 0.05) is 0 Å². The fraction of sp³-hybridized carbons (Fsp3) is 1.00. The standard InChI is InChI=1S/C24H50/c1-12-14-19(5)22(8)20(6)16-24(11,13-2)17-23(9,10)21(7)15-18(3)4/h18-22H,12-17H2,1-11H3. The molecule has 0 aliphatic carbocycles. The molecule has 0 aromatic heterocycles. The maximum Gasteiger partial charge on any atom is -0.0321 e. The van der Waals surface area contributed by atoms with Crippen LogP contribution < -0.4 is 0 Å². The molecule has 0 saturated heterocycles. The Morgan fingerprint density at radius 2 is 1.33 bits per heavy atom. The highest BCUT2D eigenvalue weighted by atomic mass is 14.4. The van der Waals surface area contributed by atoms with Crippen molar-refractivity contribution < 1.29 is 0 Å². The van der Waals surface area contributed by atoms with Crippen molar-refractivity contribution >= 4 is 0 Å². The Morgan fingerprint density at radius 1 is 0.792 bits per heavy atom. The molecular formula is C24H50. The van der Waals surface area contributed by atoms with Gasteiger partial charge in [-0.2, -0.15) is 0 Å². The highest BCUT2D eigenvalue weighted by molar-refractivity contribution is 4.87. The first-order chi connectivity index (χ1) is 10.9. The average Bonchev–Trinajstić information content (AvgIpc) is 2.45. The molecule has 0 bridgehead atoms. The highest BCUT2D eigenvalue weighted by Gasteiger charge is 2.36. The van der Waals surface area contributed by atoms with E-state index < -0.39 is 0 Å². The highest BCUT2D eigenvalue weighted by Crippen LogP contribution is 2.47. The van der Waals surface area contributed by atoms with Crippen molar-refractivity contribution in [2.24, 2.45) is 40.4 Å². The second-order valence-electron chi connectivity index (χ2n) is 10.7. The zero-order valence-electron chi connectivity index (χ0n) is 19.1. The lowest BCUT2D eigenvalue weighted by molar-refractivity contribution is 0.0711. The summed E-state index contributed by atoms with van der Waals surface area (Å²) in [5.41, 5.74) is 0.918. The normalized spacial score (nSPS) is 20.5. The van der Waals surface area contributed by atoms with Gasteiger partial charge in [-0.1, -0.05) is 95.4 Å². The summed E-state index contributed by atoms with van der Waals surface area (Å²) in [4.78, 5) is 0. The van der Waals surface area contributed by atoms with Crippen molar-refractivity contribution in [3.63, 3.8) is 0 Å². The van der Waals surface area contributed by atoms with Gasteiger partial charge in [0.2, 0.25) is 0 Å².